The fourth-order valence-corrected chi connectivity index (χ4v) is 2.11. The second-order valence-electron chi connectivity index (χ2n) is 4.62. The fourth-order valence-electron chi connectivity index (χ4n) is 2.11. The number of morpholine rings is 1. The Balaban J connectivity index is 2.12. The summed E-state index contributed by atoms with van der Waals surface area (Å²) in [5.74, 6) is 5.63. The molecule has 1 fully saturated rings. The van der Waals surface area contributed by atoms with Crippen LogP contribution in [0.4, 0.5) is 0 Å². The van der Waals surface area contributed by atoms with Crippen molar-refractivity contribution < 1.29 is 9.53 Å². The van der Waals surface area contributed by atoms with Gasteiger partial charge >= 0.3 is 0 Å². The van der Waals surface area contributed by atoms with Crippen LogP contribution in [0.3, 0.4) is 0 Å². The Morgan fingerprint density at radius 2 is 2.45 bits per heavy atom. The topological polar surface area (TPSA) is 68.5 Å². The summed E-state index contributed by atoms with van der Waals surface area (Å²) in [5.41, 5.74) is 6.61. The maximum atomic E-state index is 12.4. The van der Waals surface area contributed by atoms with Crippen LogP contribution >= 0.6 is 0 Å². The molecule has 1 amide bonds. The molecule has 1 saturated heterocycles. The Labute approximate surface area is 119 Å². The first-order valence-corrected chi connectivity index (χ1v) is 6.79. The van der Waals surface area contributed by atoms with Gasteiger partial charge in [0.05, 0.1) is 24.8 Å². The molecule has 5 heteroatoms. The van der Waals surface area contributed by atoms with Crippen LogP contribution in [0.15, 0.2) is 18.5 Å². The van der Waals surface area contributed by atoms with Crippen LogP contribution < -0.4 is 5.73 Å². The number of carbonyl (C=O) groups is 1. The van der Waals surface area contributed by atoms with Crippen molar-refractivity contribution in [2.75, 3.05) is 26.2 Å². The van der Waals surface area contributed by atoms with Crippen molar-refractivity contribution in [2.45, 2.75) is 19.4 Å². The van der Waals surface area contributed by atoms with E-state index in [0.717, 1.165) is 6.42 Å². The summed E-state index contributed by atoms with van der Waals surface area (Å²) in [6.07, 6.45) is 4.24. The number of rotatable bonds is 2. The predicted molar refractivity (Wildman–Crippen MR) is 76.1 cm³/mol. The third kappa shape index (κ3) is 3.56. The maximum Gasteiger partial charge on any atom is 0.255 e. The van der Waals surface area contributed by atoms with Crippen molar-refractivity contribution >= 4 is 5.91 Å². The van der Waals surface area contributed by atoms with E-state index < -0.39 is 0 Å². The number of nitrogens with two attached hydrogens (primary N) is 1. The zero-order valence-electron chi connectivity index (χ0n) is 11.6. The highest BCUT2D eigenvalue weighted by Gasteiger charge is 2.24. The zero-order valence-corrected chi connectivity index (χ0v) is 11.6. The summed E-state index contributed by atoms with van der Waals surface area (Å²) < 4.78 is 5.57. The van der Waals surface area contributed by atoms with Crippen molar-refractivity contribution in [1.29, 1.82) is 0 Å². The molecular weight excluding hydrogens is 254 g/mol. The molecule has 1 atom stereocenters. The van der Waals surface area contributed by atoms with Gasteiger partial charge in [0.2, 0.25) is 0 Å². The Morgan fingerprint density at radius 1 is 1.60 bits per heavy atom. The summed E-state index contributed by atoms with van der Waals surface area (Å²) in [7, 11) is 0. The van der Waals surface area contributed by atoms with Gasteiger partial charge in [-0.05, 0) is 12.5 Å². The molecule has 1 unspecified atom stereocenters. The number of hydrogen-bond acceptors (Lipinski definition) is 4. The van der Waals surface area contributed by atoms with E-state index in [0.29, 0.717) is 37.4 Å². The number of aromatic nitrogens is 1. The minimum absolute atomic E-state index is 0.0179. The van der Waals surface area contributed by atoms with Gasteiger partial charge in [-0.25, -0.2) is 0 Å². The van der Waals surface area contributed by atoms with Gasteiger partial charge in [-0.15, -0.1) is 0 Å². The first-order valence-electron chi connectivity index (χ1n) is 6.79. The standard InChI is InChI=1S/C15H19N3O2/c1-2-14-11-18(6-7-20-14)15(19)13-8-12(4-3-5-16)9-17-10-13/h8-10,14H,2,5-7,11,16H2,1H3. The molecule has 0 spiro atoms. The molecule has 0 saturated carbocycles. The predicted octanol–water partition coefficient (Wildman–Crippen LogP) is 0.643. The van der Waals surface area contributed by atoms with Crippen LogP contribution in [-0.4, -0.2) is 48.1 Å². The van der Waals surface area contributed by atoms with Crippen molar-refractivity contribution in [3.63, 3.8) is 0 Å². The van der Waals surface area contributed by atoms with E-state index in [-0.39, 0.29) is 12.0 Å². The molecule has 1 aliphatic heterocycles. The maximum absolute atomic E-state index is 12.4. The third-order valence-electron chi connectivity index (χ3n) is 3.20. The van der Waals surface area contributed by atoms with E-state index in [4.69, 9.17) is 10.5 Å². The first kappa shape index (κ1) is 14.5. The van der Waals surface area contributed by atoms with E-state index in [2.05, 4.69) is 23.7 Å². The summed E-state index contributed by atoms with van der Waals surface area (Å²) in [4.78, 5) is 18.3. The molecule has 0 aromatic carbocycles. The normalized spacial score (nSPS) is 18.3. The summed E-state index contributed by atoms with van der Waals surface area (Å²) >= 11 is 0. The van der Waals surface area contributed by atoms with Crippen LogP contribution in [0.5, 0.6) is 0 Å². The van der Waals surface area contributed by atoms with Gasteiger partial charge in [0.1, 0.15) is 0 Å². The van der Waals surface area contributed by atoms with Gasteiger partial charge in [-0.1, -0.05) is 18.8 Å². The first-order chi connectivity index (χ1) is 9.74. The molecule has 0 radical (unpaired) electrons. The number of nitrogens with zero attached hydrogens (tertiary/aromatic N) is 2. The Kier molecular flexibility index (Phi) is 5.10. The van der Waals surface area contributed by atoms with E-state index in [9.17, 15) is 4.79 Å². The minimum Gasteiger partial charge on any atom is -0.375 e. The van der Waals surface area contributed by atoms with Crippen molar-refractivity contribution in [3.05, 3.63) is 29.6 Å². The minimum atomic E-state index is -0.0179. The smallest absolute Gasteiger partial charge is 0.255 e. The van der Waals surface area contributed by atoms with Crippen LogP contribution in [0.2, 0.25) is 0 Å². The number of carbonyl (C=O) groups excluding carboxylic acids is 1. The lowest BCUT2D eigenvalue weighted by atomic mass is 10.1. The second kappa shape index (κ2) is 7.04. The highest BCUT2D eigenvalue weighted by atomic mass is 16.5. The number of amides is 1. The Hall–Kier alpha value is -1.90. The number of hydrogen-bond donors (Lipinski definition) is 1. The van der Waals surface area contributed by atoms with Crippen LogP contribution in [0, 0.1) is 11.8 Å². The Morgan fingerprint density at radius 3 is 3.20 bits per heavy atom. The van der Waals surface area contributed by atoms with Crippen LogP contribution in [-0.2, 0) is 4.74 Å². The average Bonchev–Trinajstić information content (AvgIpc) is 2.52. The van der Waals surface area contributed by atoms with Gasteiger partial charge in [0.15, 0.2) is 0 Å². The molecule has 5 nitrogen and oxygen atoms in total. The molecule has 0 aliphatic carbocycles. The molecular formula is C15H19N3O2. The van der Waals surface area contributed by atoms with Crippen molar-refractivity contribution in [2.24, 2.45) is 5.73 Å². The summed E-state index contributed by atoms with van der Waals surface area (Å²) in [6.45, 7) is 4.19. The number of pyridine rings is 1. The van der Waals surface area contributed by atoms with Crippen LogP contribution in [0.1, 0.15) is 29.3 Å². The molecule has 2 rings (SSSR count). The molecule has 106 valence electrons. The fraction of sp³-hybridized carbons (Fsp3) is 0.467. The van der Waals surface area contributed by atoms with Gasteiger partial charge in [-0.3, -0.25) is 9.78 Å². The number of ether oxygens (including phenoxy) is 1. The van der Waals surface area contributed by atoms with Gasteiger partial charge in [0.25, 0.3) is 5.91 Å². The van der Waals surface area contributed by atoms with Crippen molar-refractivity contribution in [1.82, 2.24) is 9.88 Å². The SMILES string of the molecule is CCC1CN(C(=O)c2cncc(C#CCN)c2)CCO1. The zero-order chi connectivity index (χ0) is 14.4. The molecule has 1 aliphatic rings. The van der Waals surface area contributed by atoms with Gasteiger partial charge in [-0.2, -0.15) is 0 Å². The highest BCUT2D eigenvalue weighted by molar-refractivity contribution is 5.94. The van der Waals surface area contributed by atoms with E-state index >= 15 is 0 Å². The summed E-state index contributed by atoms with van der Waals surface area (Å²) in [5, 5.41) is 0. The van der Waals surface area contributed by atoms with E-state index in [1.807, 2.05) is 4.90 Å². The second-order valence-corrected chi connectivity index (χ2v) is 4.62. The van der Waals surface area contributed by atoms with Crippen molar-refractivity contribution in [3.8, 4) is 11.8 Å². The molecule has 2 heterocycles. The lowest BCUT2D eigenvalue weighted by Gasteiger charge is -2.32. The van der Waals surface area contributed by atoms with E-state index in [1.165, 1.54) is 0 Å². The molecule has 2 N–H and O–H groups in total. The third-order valence-corrected chi connectivity index (χ3v) is 3.20. The molecule has 0 bridgehead atoms. The highest BCUT2D eigenvalue weighted by Crippen LogP contribution is 2.12. The van der Waals surface area contributed by atoms with Crippen LogP contribution in [0.25, 0.3) is 0 Å². The van der Waals surface area contributed by atoms with Gasteiger partial charge < -0.3 is 15.4 Å². The van der Waals surface area contributed by atoms with E-state index in [1.54, 1.807) is 18.5 Å². The molecule has 1 aromatic rings. The summed E-state index contributed by atoms with van der Waals surface area (Å²) in [6, 6.07) is 1.76. The molecule has 1 aromatic heterocycles. The Bertz CT molecular complexity index is 533. The largest absolute Gasteiger partial charge is 0.375 e. The lowest BCUT2D eigenvalue weighted by Crippen LogP contribution is -2.45. The average molecular weight is 273 g/mol. The molecule has 20 heavy (non-hydrogen) atoms. The lowest BCUT2D eigenvalue weighted by molar-refractivity contribution is -0.0226. The quantitative estimate of drug-likeness (QED) is 0.803. The monoisotopic (exact) mass is 273 g/mol. The van der Waals surface area contributed by atoms with Gasteiger partial charge in [0, 0.05) is 31.0 Å².